The molecular weight excluding hydrogens is 272 g/mol. The summed E-state index contributed by atoms with van der Waals surface area (Å²) >= 11 is 0. The smallest absolute Gasteiger partial charge is 0.321 e. The fourth-order valence-corrected chi connectivity index (χ4v) is 2.51. The van der Waals surface area contributed by atoms with E-state index in [0.717, 1.165) is 25.8 Å². The van der Waals surface area contributed by atoms with Crippen molar-refractivity contribution in [2.75, 3.05) is 19.6 Å². The first-order chi connectivity index (χ1) is 10.2. The van der Waals surface area contributed by atoms with Crippen LogP contribution in [0.2, 0.25) is 0 Å². The van der Waals surface area contributed by atoms with Crippen LogP contribution in [0.4, 0.5) is 4.79 Å². The third kappa shape index (κ3) is 4.87. The first-order valence-electron chi connectivity index (χ1n) is 7.23. The van der Waals surface area contributed by atoms with Crippen molar-refractivity contribution in [3.05, 3.63) is 24.2 Å². The van der Waals surface area contributed by atoms with E-state index in [1.165, 1.54) is 6.26 Å². The van der Waals surface area contributed by atoms with E-state index in [1.54, 1.807) is 12.1 Å². The Morgan fingerprint density at radius 2 is 2.29 bits per heavy atom. The van der Waals surface area contributed by atoms with Crippen LogP contribution in [0.5, 0.6) is 0 Å². The van der Waals surface area contributed by atoms with Crippen LogP contribution in [-0.2, 0) is 11.3 Å². The van der Waals surface area contributed by atoms with Gasteiger partial charge in [-0.1, -0.05) is 6.42 Å². The van der Waals surface area contributed by atoms with Crippen LogP contribution in [-0.4, -0.2) is 42.5 Å². The average molecular weight is 294 g/mol. The maximum atomic E-state index is 11.9. The summed E-state index contributed by atoms with van der Waals surface area (Å²) in [4.78, 5) is 25.5. The molecule has 0 spiro atoms. The fourth-order valence-electron chi connectivity index (χ4n) is 2.51. The van der Waals surface area contributed by atoms with Crippen LogP contribution in [0.3, 0.4) is 0 Å². The number of hydrogen-bond acceptors (Lipinski definition) is 5. The van der Waals surface area contributed by atoms with Crippen LogP contribution in [0.15, 0.2) is 22.8 Å². The number of carbonyl (C=O) groups is 2. The van der Waals surface area contributed by atoms with Crippen molar-refractivity contribution in [3.8, 4) is 0 Å². The highest BCUT2D eigenvalue weighted by Gasteiger charge is 2.23. The Bertz CT molecular complexity index is 461. The molecule has 0 bridgehead atoms. The maximum Gasteiger partial charge on any atom is 0.321 e. The lowest BCUT2D eigenvalue weighted by Crippen LogP contribution is -2.50. The van der Waals surface area contributed by atoms with E-state index in [1.807, 2.05) is 4.90 Å². The van der Waals surface area contributed by atoms with Gasteiger partial charge in [0, 0.05) is 12.6 Å². The quantitative estimate of drug-likeness (QED) is 0.730. The number of amides is 3. The molecule has 0 saturated carbocycles. The highest BCUT2D eigenvalue weighted by molar-refractivity contribution is 5.95. The third-order valence-corrected chi connectivity index (χ3v) is 3.62. The Hall–Kier alpha value is -1.86. The molecule has 1 aromatic rings. The second-order valence-corrected chi connectivity index (χ2v) is 5.17. The molecular formula is C14H22N4O3. The SMILES string of the molecule is NCC1CCCCN1CC(=O)NC(=O)NCc1ccco1. The second kappa shape index (κ2) is 7.80. The molecule has 0 aliphatic carbocycles. The van der Waals surface area contributed by atoms with Gasteiger partial charge in [0.2, 0.25) is 5.91 Å². The predicted molar refractivity (Wildman–Crippen MR) is 77.4 cm³/mol. The minimum absolute atomic E-state index is 0.204. The predicted octanol–water partition coefficient (Wildman–Crippen LogP) is 0.419. The summed E-state index contributed by atoms with van der Waals surface area (Å²) in [5.74, 6) is 0.323. The van der Waals surface area contributed by atoms with E-state index in [-0.39, 0.29) is 25.0 Å². The zero-order valence-electron chi connectivity index (χ0n) is 12.0. The van der Waals surface area contributed by atoms with Gasteiger partial charge in [0.25, 0.3) is 0 Å². The van der Waals surface area contributed by atoms with Gasteiger partial charge in [0.05, 0.1) is 19.4 Å². The topological polar surface area (TPSA) is 101 Å². The number of hydrogen-bond donors (Lipinski definition) is 3. The number of imide groups is 1. The number of furan rings is 1. The maximum absolute atomic E-state index is 11.9. The molecule has 4 N–H and O–H groups in total. The van der Waals surface area contributed by atoms with Crippen molar-refractivity contribution < 1.29 is 14.0 Å². The number of nitrogens with two attached hydrogens (primary N) is 1. The fraction of sp³-hybridized carbons (Fsp3) is 0.571. The van der Waals surface area contributed by atoms with E-state index in [9.17, 15) is 9.59 Å². The zero-order valence-corrected chi connectivity index (χ0v) is 12.0. The first-order valence-corrected chi connectivity index (χ1v) is 7.23. The summed E-state index contributed by atoms with van der Waals surface area (Å²) in [6.07, 6.45) is 4.75. The molecule has 21 heavy (non-hydrogen) atoms. The lowest BCUT2D eigenvalue weighted by atomic mass is 10.0. The third-order valence-electron chi connectivity index (χ3n) is 3.62. The highest BCUT2D eigenvalue weighted by atomic mass is 16.3. The van der Waals surface area contributed by atoms with Crippen LogP contribution in [0.25, 0.3) is 0 Å². The largest absolute Gasteiger partial charge is 0.467 e. The summed E-state index contributed by atoms with van der Waals surface area (Å²) in [6.45, 7) is 1.85. The minimum Gasteiger partial charge on any atom is -0.467 e. The second-order valence-electron chi connectivity index (χ2n) is 5.17. The number of carbonyl (C=O) groups excluding carboxylic acids is 2. The number of rotatable bonds is 5. The molecule has 1 aliphatic heterocycles. The molecule has 1 fully saturated rings. The Balaban J connectivity index is 1.71. The highest BCUT2D eigenvalue weighted by Crippen LogP contribution is 2.15. The lowest BCUT2D eigenvalue weighted by molar-refractivity contribution is -0.122. The van der Waals surface area contributed by atoms with E-state index < -0.39 is 6.03 Å². The van der Waals surface area contributed by atoms with Crippen LogP contribution in [0.1, 0.15) is 25.0 Å². The minimum atomic E-state index is -0.516. The van der Waals surface area contributed by atoms with Gasteiger partial charge >= 0.3 is 6.03 Å². The summed E-state index contributed by atoms with van der Waals surface area (Å²) in [5, 5.41) is 4.89. The molecule has 0 aromatic carbocycles. The number of likely N-dealkylation sites (tertiary alicyclic amines) is 1. The molecule has 0 radical (unpaired) electrons. The van der Waals surface area contributed by atoms with E-state index >= 15 is 0 Å². The first kappa shape index (κ1) is 15.5. The molecule has 7 heteroatoms. The lowest BCUT2D eigenvalue weighted by Gasteiger charge is -2.34. The van der Waals surface area contributed by atoms with Gasteiger partial charge in [-0.15, -0.1) is 0 Å². The summed E-state index contributed by atoms with van der Waals surface area (Å²) < 4.78 is 5.09. The average Bonchev–Trinajstić information content (AvgIpc) is 2.99. The van der Waals surface area contributed by atoms with Gasteiger partial charge in [-0.25, -0.2) is 4.79 Å². The molecule has 3 amide bonds. The summed E-state index contributed by atoms with van der Waals surface area (Å²) in [5.41, 5.74) is 5.71. The van der Waals surface area contributed by atoms with Gasteiger partial charge in [0.15, 0.2) is 0 Å². The van der Waals surface area contributed by atoms with Gasteiger partial charge in [-0.05, 0) is 31.5 Å². The van der Waals surface area contributed by atoms with Crippen LogP contribution in [0, 0.1) is 0 Å². The standard InChI is InChI=1S/C14H22N4O3/c15-8-11-4-1-2-6-18(11)10-13(19)17-14(20)16-9-12-5-3-7-21-12/h3,5,7,11H,1-2,4,6,8-10,15H2,(H2,16,17,19,20). The van der Waals surface area contributed by atoms with Crippen LogP contribution < -0.4 is 16.4 Å². The van der Waals surface area contributed by atoms with Crippen molar-refractivity contribution in [3.63, 3.8) is 0 Å². The molecule has 1 saturated heterocycles. The zero-order chi connectivity index (χ0) is 15.1. The number of urea groups is 1. The molecule has 2 rings (SSSR count). The van der Waals surface area contributed by atoms with Gasteiger partial charge in [-0.3, -0.25) is 15.0 Å². The van der Waals surface area contributed by atoms with Crippen molar-refractivity contribution in [1.82, 2.24) is 15.5 Å². The molecule has 1 aromatic heterocycles. The Labute approximate surface area is 123 Å². The van der Waals surface area contributed by atoms with Crippen molar-refractivity contribution >= 4 is 11.9 Å². The molecule has 1 unspecified atom stereocenters. The van der Waals surface area contributed by atoms with Gasteiger partial charge < -0.3 is 15.5 Å². The Morgan fingerprint density at radius 1 is 1.43 bits per heavy atom. The molecule has 1 aliphatic rings. The van der Waals surface area contributed by atoms with Crippen molar-refractivity contribution in [2.45, 2.75) is 31.8 Å². The van der Waals surface area contributed by atoms with Gasteiger partial charge in [0.1, 0.15) is 5.76 Å². The summed E-state index contributed by atoms with van der Waals surface area (Å²) in [6, 6.07) is 3.21. The van der Waals surface area contributed by atoms with Crippen molar-refractivity contribution in [2.24, 2.45) is 5.73 Å². The van der Waals surface area contributed by atoms with E-state index in [4.69, 9.17) is 10.2 Å². The number of nitrogens with zero attached hydrogens (tertiary/aromatic N) is 1. The van der Waals surface area contributed by atoms with Crippen LogP contribution >= 0.6 is 0 Å². The van der Waals surface area contributed by atoms with Crippen molar-refractivity contribution in [1.29, 1.82) is 0 Å². The number of nitrogens with one attached hydrogen (secondary N) is 2. The number of piperidine rings is 1. The Morgan fingerprint density at radius 3 is 3.00 bits per heavy atom. The van der Waals surface area contributed by atoms with E-state index in [2.05, 4.69) is 10.6 Å². The Kier molecular flexibility index (Phi) is 5.77. The summed E-state index contributed by atoms with van der Waals surface area (Å²) in [7, 11) is 0. The van der Waals surface area contributed by atoms with E-state index in [0.29, 0.717) is 12.3 Å². The molecule has 116 valence electrons. The normalized spacial score (nSPS) is 19.2. The molecule has 1 atom stereocenters. The molecule has 7 nitrogen and oxygen atoms in total. The monoisotopic (exact) mass is 294 g/mol. The van der Waals surface area contributed by atoms with Gasteiger partial charge in [-0.2, -0.15) is 0 Å². The molecule has 2 heterocycles.